The van der Waals surface area contributed by atoms with Gasteiger partial charge in [-0.15, -0.1) is 0 Å². The maximum absolute atomic E-state index is 2.35. The van der Waals surface area contributed by atoms with E-state index in [4.69, 9.17) is 0 Å². The Bertz CT molecular complexity index is 968. The molecule has 153 valence electrons. The van der Waals surface area contributed by atoms with Crippen molar-refractivity contribution >= 4 is 3.21 Å². The van der Waals surface area contributed by atoms with Gasteiger partial charge in [0.25, 0.3) is 0 Å². The molecule has 0 N–H and O–H groups in total. The van der Waals surface area contributed by atoms with Crippen LogP contribution in [0.1, 0.15) is 50.7 Å². The summed E-state index contributed by atoms with van der Waals surface area (Å²) in [6.45, 7) is 4.66. The summed E-state index contributed by atoms with van der Waals surface area (Å²) in [5.74, 6) is 0. The van der Waals surface area contributed by atoms with Crippen molar-refractivity contribution < 1.29 is 47.6 Å². The predicted octanol–water partition coefficient (Wildman–Crippen LogP) is 1.01. The molecule has 0 nitrogen and oxygen atoms in total. The Morgan fingerprint density at radius 3 is 1.90 bits per heavy atom. The van der Waals surface area contributed by atoms with Crippen LogP contribution in [0.25, 0.3) is 0 Å². The zero-order valence-corrected chi connectivity index (χ0v) is 21.6. The number of rotatable bonds is 6. The van der Waals surface area contributed by atoms with E-state index in [-0.39, 0.29) is 24.8 Å². The van der Waals surface area contributed by atoms with Crippen LogP contribution in [0.4, 0.5) is 0 Å². The average molecular weight is 514 g/mol. The zero-order valence-electron chi connectivity index (χ0n) is 17.6. The Morgan fingerprint density at radius 1 is 0.833 bits per heavy atom. The first-order valence-corrected chi connectivity index (χ1v) is 12.8. The van der Waals surface area contributed by atoms with Crippen molar-refractivity contribution in [1.29, 1.82) is 0 Å². The summed E-state index contributed by atoms with van der Waals surface area (Å²) >= 11 is -0.929. The topological polar surface area (TPSA) is 0 Å². The molecule has 0 heterocycles. The van der Waals surface area contributed by atoms with Gasteiger partial charge in [-0.25, -0.2) is 0 Å². The Morgan fingerprint density at radius 2 is 1.43 bits per heavy atom. The van der Waals surface area contributed by atoms with Crippen molar-refractivity contribution in [2.75, 3.05) is 0 Å². The van der Waals surface area contributed by atoms with E-state index >= 15 is 0 Å². The molecular weight excluding hydrogens is 486 g/mol. The van der Waals surface area contributed by atoms with E-state index in [2.05, 4.69) is 92.7 Å². The van der Waals surface area contributed by atoms with Gasteiger partial charge >= 0.3 is 181 Å². The average Bonchev–Trinajstić information content (AvgIpc) is 3.40. The van der Waals surface area contributed by atoms with Crippen LogP contribution in [-0.2, 0) is 22.8 Å². The minimum Gasteiger partial charge on any atom is -1.00 e. The first-order valence-electron chi connectivity index (χ1n) is 10.4. The van der Waals surface area contributed by atoms with Gasteiger partial charge in [0.15, 0.2) is 0 Å². The molecule has 0 radical (unpaired) electrons. The second-order valence-corrected chi connectivity index (χ2v) is 10.7. The largest absolute Gasteiger partial charge is 1.00 e. The quantitative estimate of drug-likeness (QED) is 0.541. The van der Waals surface area contributed by atoms with E-state index in [9.17, 15) is 0 Å². The van der Waals surface area contributed by atoms with Crippen LogP contribution < -0.4 is 24.8 Å². The molecule has 0 aromatic heterocycles. The molecule has 0 aliphatic heterocycles. The van der Waals surface area contributed by atoms with Gasteiger partial charge < -0.3 is 24.8 Å². The van der Waals surface area contributed by atoms with E-state index in [1.165, 1.54) is 24.0 Å². The monoisotopic (exact) mass is 511 g/mol. The van der Waals surface area contributed by atoms with Gasteiger partial charge in [0.05, 0.1) is 0 Å². The molecule has 2 aliphatic rings. The first-order chi connectivity index (χ1) is 13.8. The fraction of sp³-hybridized carbons (Fsp3) is 0.222. The molecule has 4 rings (SSSR count). The van der Waals surface area contributed by atoms with Crippen LogP contribution in [-0.4, -0.2) is 3.21 Å². The van der Waals surface area contributed by atoms with Crippen LogP contribution in [0.3, 0.4) is 0 Å². The van der Waals surface area contributed by atoms with Gasteiger partial charge in [0.2, 0.25) is 0 Å². The van der Waals surface area contributed by atoms with Gasteiger partial charge in [-0.2, -0.15) is 0 Å². The van der Waals surface area contributed by atoms with E-state index in [0.717, 1.165) is 12.8 Å². The molecule has 0 amide bonds. The first kappa shape index (κ1) is 25.0. The summed E-state index contributed by atoms with van der Waals surface area (Å²) in [6.07, 6.45) is 11.6. The van der Waals surface area contributed by atoms with Gasteiger partial charge in [0.1, 0.15) is 0 Å². The summed E-state index contributed by atoms with van der Waals surface area (Å²) in [6, 6.07) is 22.1. The van der Waals surface area contributed by atoms with E-state index in [0.29, 0.717) is 0 Å². The molecule has 0 unspecified atom stereocenters. The fourth-order valence-electron chi connectivity index (χ4n) is 4.33. The van der Waals surface area contributed by atoms with Gasteiger partial charge in [-0.3, -0.25) is 0 Å². The van der Waals surface area contributed by atoms with Gasteiger partial charge in [0, 0.05) is 0 Å². The molecule has 30 heavy (non-hydrogen) atoms. The number of benzene rings is 2. The Labute approximate surface area is 204 Å². The summed E-state index contributed by atoms with van der Waals surface area (Å²) in [5, 5.41) is 0. The predicted molar refractivity (Wildman–Crippen MR) is 117 cm³/mol. The van der Waals surface area contributed by atoms with E-state index < -0.39 is 22.8 Å². The summed E-state index contributed by atoms with van der Waals surface area (Å²) in [5.41, 5.74) is 9.34. The van der Waals surface area contributed by atoms with Crippen molar-refractivity contribution in [2.45, 2.75) is 39.5 Å². The van der Waals surface area contributed by atoms with Crippen LogP contribution in [0, 0.1) is 0 Å². The minimum atomic E-state index is -0.929. The molecular formula is C27H27Cl2Zr. The number of halogens is 2. The summed E-state index contributed by atoms with van der Waals surface area (Å²) in [4.78, 5) is 0. The molecule has 0 saturated carbocycles. The second-order valence-electron chi connectivity index (χ2n) is 7.38. The molecule has 0 spiro atoms. The van der Waals surface area contributed by atoms with Crippen LogP contribution in [0.15, 0.2) is 104 Å². The van der Waals surface area contributed by atoms with Crippen molar-refractivity contribution in [3.05, 3.63) is 116 Å². The molecule has 2 aromatic rings. The molecule has 2 aromatic carbocycles. The fourth-order valence-corrected chi connectivity index (χ4v) is 8.42. The van der Waals surface area contributed by atoms with Crippen molar-refractivity contribution in [3.63, 3.8) is 0 Å². The van der Waals surface area contributed by atoms with Gasteiger partial charge in [-0.05, 0) is 0 Å². The maximum atomic E-state index is 2.35. The molecule has 0 bridgehead atoms. The second kappa shape index (κ2) is 11.9. The van der Waals surface area contributed by atoms with Gasteiger partial charge in [-0.1, -0.05) is 0 Å². The Kier molecular flexibility index (Phi) is 9.95. The number of hydrogen-bond acceptors (Lipinski definition) is 0. The Balaban J connectivity index is 0.00000160. The molecule has 0 fully saturated rings. The normalized spacial score (nSPS) is 14.8. The third kappa shape index (κ3) is 5.31. The number of hydrogen-bond donors (Lipinski definition) is 0. The van der Waals surface area contributed by atoms with E-state index in [1.54, 1.807) is 28.8 Å². The van der Waals surface area contributed by atoms with Crippen molar-refractivity contribution in [1.82, 2.24) is 0 Å². The third-order valence-electron chi connectivity index (χ3n) is 5.69. The standard InChI is InChI=1S/C14H17.C13H10.2ClH.Zr/c1-3-11-9-10-14(13(11)4-2)12-7-5-6-8-12;1-3-7-12(8-4-1)11-13-9-5-2-6-10-13;;;/h5-7H,3-4,8-9H2,1-2H3;1-10H;2*1H;/q;;;;+2/p-2. The van der Waals surface area contributed by atoms with Crippen LogP contribution in [0.5, 0.6) is 0 Å². The van der Waals surface area contributed by atoms with Crippen LogP contribution >= 0.6 is 0 Å². The van der Waals surface area contributed by atoms with Crippen LogP contribution in [0.2, 0.25) is 0 Å². The maximum Gasteiger partial charge on any atom is -1.00 e. The molecule has 0 atom stereocenters. The zero-order chi connectivity index (χ0) is 19.3. The SMILES string of the molecule is CCC1=C(CC)C(C2=CC=CC2)=[C]([Zr+2]=[C](c2ccccc2)c2ccccc2)C1.[Cl-].[Cl-]. The molecule has 3 heteroatoms. The Hall–Kier alpha value is -1.27. The summed E-state index contributed by atoms with van der Waals surface area (Å²) < 4.78 is 3.38. The molecule has 2 aliphatic carbocycles. The van der Waals surface area contributed by atoms with E-state index in [1.807, 2.05) is 0 Å². The minimum absolute atomic E-state index is 0. The number of allylic oxidation sites excluding steroid dienone is 8. The third-order valence-corrected chi connectivity index (χ3v) is 9.52. The van der Waals surface area contributed by atoms with Crippen molar-refractivity contribution in [3.8, 4) is 0 Å². The van der Waals surface area contributed by atoms with Crippen molar-refractivity contribution in [2.24, 2.45) is 0 Å². The molecule has 0 saturated heterocycles. The smallest absolute Gasteiger partial charge is 1.00 e. The summed E-state index contributed by atoms with van der Waals surface area (Å²) in [7, 11) is 0.